The number of benzene rings is 1. The second kappa shape index (κ2) is 7.99. The van der Waals surface area contributed by atoms with Gasteiger partial charge in [0.2, 0.25) is 5.91 Å². The van der Waals surface area contributed by atoms with Gasteiger partial charge < -0.3 is 10.2 Å². The summed E-state index contributed by atoms with van der Waals surface area (Å²) >= 11 is 1.63. The van der Waals surface area contributed by atoms with E-state index in [1.165, 1.54) is 0 Å². The van der Waals surface area contributed by atoms with Gasteiger partial charge in [0, 0.05) is 29.6 Å². The molecule has 0 spiro atoms. The number of rotatable bonds is 4. The topological polar surface area (TPSA) is 62.3 Å². The maximum Gasteiger partial charge on any atom is 0.251 e. The first-order valence-corrected chi connectivity index (χ1v) is 9.83. The SMILES string of the molecule is Cc1nc(CC(=O)N2CCC(NC(=O)c3ccccc3C)CC2)c(C)s1. The van der Waals surface area contributed by atoms with Gasteiger partial charge in [-0.15, -0.1) is 11.3 Å². The van der Waals surface area contributed by atoms with Gasteiger partial charge in [0.15, 0.2) is 0 Å². The van der Waals surface area contributed by atoms with Crippen molar-refractivity contribution in [1.82, 2.24) is 15.2 Å². The highest BCUT2D eigenvalue weighted by Crippen LogP contribution is 2.19. The van der Waals surface area contributed by atoms with E-state index in [1.807, 2.05) is 49.9 Å². The molecule has 1 aliphatic rings. The Kier molecular flexibility index (Phi) is 5.71. The highest BCUT2D eigenvalue weighted by molar-refractivity contribution is 7.11. The summed E-state index contributed by atoms with van der Waals surface area (Å²) in [5.41, 5.74) is 2.60. The van der Waals surface area contributed by atoms with Crippen LogP contribution in [0.3, 0.4) is 0 Å². The smallest absolute Gasteiger partial charge is 0.251 e. The fourth-order valence-corrected chi connectivity index (χ4v) is 4.19. The minimum Gasteiger partial charge on any atom is -0.349 e. The maximum atomic E-state index is 12.5. The van der Waals surface area contributed by atoms with Crippen LogP contribution in [0.15, 0.2) is 24.3 Å². The van der Waals surface area contributed by atoms with Crippen molar-refractivity contribution in [2.24, 2.45) is 0 Å². The van der Waals surface area contributed by atoms with Gasteiger partial charge in [-0.3, -0.25) is 9.59 Å². The predicted octanol–water partition coefficient (Wildman–Crippen LogP) is 3.03. The summed E-state index contributed by atoms with van der Waals surface area (Å²) in [7, 11) is 0. The number of hydrogen-bond donors (Lipinski definition) is 1. The Labute approximate surface area is 158 Å². The summed E-state index contributed by atoms with van der Waals surface area (Å²) in [5.74, 6) is 0.100. The van der Waals surface area contributed by atoms with Crippen molar-refractivity contribution in [3.05, 3.63) is 51.0 Å². The van der Waals surface area contributed by atoms with Gasteiger partial charge in [0.25, 0.3) is 5.91 Å². The number of carbonyl (C=O) groups is 2. The van der Waals surface area contributed by atoms with Gasteiger partial charge in [-0.2, -0.15) is 0 Å². The molecule has 0 bridgehead atoms. The van der Waals surface area contributed by atoms with Crippen molar-refractivity contribution in [2.45, 2.75) is 46.1 Å². The lowest BCUT2D eigenvalue weighted by Gasteiger charge is -2.32. The van der Waals surface area contributed by atoms with E-state index >= 15 is 0 Å². The van der Waals surface area contributed by atoms with Crippen LogP contribution in [0.1, 0.15) is 44.3 Å². The quantitative estimate of drug-likeness (QED) is 0.899. The number of hydrogen-bond acceptors (Lipinski definition) is 4. The Morgan fingerprint density at radius 2 is 1.88 bits per heavy atom. The third kappa shape index (κ3) is 4.30. The van der Waals surface area contributed by atoms with Gasteiger partial charge >= 0.3 is 0 Å². The molecule has 5 nitrogen and oxygen atoms in total. The Bertz CT molecular complexity index is 807. The summed E-state index contributed by atoms with van der Waals surface area (Å²) in [6.45, 7) is 7.28. The molecule has 2 aromatic rings. The fourth-order valence-electron chi connectivity index (χ4n) is 3.36. The van der Waals surface area contributed by atoms with Gasteiger partial charge in [-0.05, 0) is 45.2 Å². The zero-order chi connectivity index (χ0) is 18.7. The molecule has 2 heterocycles. The third-order valence-electron chi connectivity index (χ3n) is 4.89. The lowest BCUT2D eigenvalue weighted by molar-refractivity contribution is -0.131. The molecule has 0 radical (unpaired) electrons. The molecule has 0 aliphatic carbocycles. The van der Waals surface area contributed by atoms with Crippen molar-refractivity contribution in [3.8, 4) is 0 Å². The molecule has 138 valence electrons. The average molecular weight is 372 g/mol. The molecule has 0 atom stereocenters. The molecule has 0 saturated carbocycles. The van der Waals surface area contributed by atoms with E-state index in [1.54, 1.807) is 11.3 Å². The lowest BCUT2D eigenvalue weighted by Crippen LogP contribution is -2.47. The molecule has 1 aliphatic heterocycles. The molecule has 3 rings (SSSR count). The first-order valence-electron chi connectivity index (χ1n) is 9.01. The van der Waals surface area contributed by atoms with Gasteiger partial charge in [0.05, 0.1) is 17.1 Å². The normalized spacial score (nSPS) is 15.1. The lowest BCUT2D eigenvalue weighted by atomic mass is 10.0. The molecule has 1 N–H and O–H groups in total. The molecule has 6 heteroatoms. The summed E-state index contributed by atoms with van der Waals surface area (Å²) in [4.78, 5) is 32.4. The number of aryl methyl sites for hydroxylation is 3. The molecule has 1 saturated heterocycles. The zero-order valence-electron chi connectivity index (χ0n) is 15.5. The van der Waals surface area contributed by atoms with Crippen LogP contribution in [0.4, 0.5) is 0 Å². The number of carbonyl (C=O) groups excluding carboxylic acids is 2. The van der Waals surface area contributed by atoms with Crippen molar-refractivity contribution in [3.63, 3.8) is 0 Å². The van der Waals surface area contributed by atoms with E-state index in [9.17, 15) is 9.59 Å². The van der Waals surface area contributed by atoms with Crippen LogP contribution in [-0.2, 0) is 11.2 Å². The first-order chi connectivity index (χ1) is 12.4. The van der Waals surface area contributed by atoms with Crippen molar-refractivity contribution in [1.29, 1.82) is 0 Å². The van der Waals surface area contributed by atoms with E-state index in [2.05, 4.69) is 10.3 Å². The van der Waals surface area contributed by atoms with Crippen LogP contribution in [0.25, 0.3) is 0 Å². The Hall–Kier alpha value is -2.21. The molecular formula is C20H25N3O2S. The number of nitrogens with zero attached hydrogens (tertiary/aromatic N) is 2. The molecule has 1 fully saturated rings. The van der Waals surface area contributed by atoms with Gasteiger partial charge in [0.1, 0.15) is 0 Å². The van der Waals surface area contributed by atoms with E-state index in [-0.39, 0.29) is 17.9 Å². The van der Waals surface area contributed by atoms with Crippen LogP contribution in [0.2, 0.25) is 0 Å². The summed E-state index contributed by atoms with van der Waals surface area (Å²) < 4.78 is 0. The number of nitrogens with one attached hydrogen (secondary N) is 1. The highest BCUT2D eigenvalue weighted by atomic mass is 32.1. The monoisotopic (exact) mass is 371 g/mol. The maximum absolute atomic E-state index is 12.5. The van der Waals surface area contributed by atoms with Gasteiger partial charge in [-0.1, -0.05) is 18.2 Å². The van der Waals surface area contributed by atoms with E-state index in [4.69, 9.17) is 0 Å². The van der Waals surface area contributed by atoms with Crippen molar-refractivity contribution >= 4 is 23.2 Å². The third-order valence-corrected chi connectivity index (χ3v) is 5.82. The fraction of sp³-hybridized carbons (Fsp3) is 0.450. The Morgan fingerprint density at radius 3 is 2.50 bits per heavy atom. The molecule has 1 aromatic carbocycles. The molecule has 1 aromatic heterocycles. The van der Waals surface area contributed by atoms with Crippen molar-refractivity contribution in [2.75, 3.05) is 13.1 Å². The highest BCUT2D eigenvalue weighted by Gasteiger charge is 2.25. The predicted molar refractivity (Wildman–Crippen MR) is 104 cm³/mol. The first kappa shape index (κ1) is 18.6. The number of piperidine rings is 1. The van der Waals surface area contributed by atoms with Crippen LogP contribution in [-0.4, -0.2) is 40.8 Å². The summed E-state index contributed by atoms with van der Waals surface area (Å²) in [5, 5.41) is 4.11. The van der Waals surface area contributed by atoms with Gasteiger partial charge in [-0.25, -0.2) is 4.98 Å². The summed E-state index contributed by atoms with van der Waals surface area (Å²) in [6, 6.07) is 7.72. The largest absolute Gasteiger partial charge is 0.349 e. The van der Waals surface area contributed by atoms with E-state index < -0.39 is 0 Å². The molecule has 2 amide bonds. The molecular weight excluding hydrogens is 346 g/mol. The van der Waals surface area contributed by atoms with Crippen molar-refractivity contribution < 1.29 is 9.59 Å². The molecule has 0 unspecified atom stereocenters. The molecule has 26 heavy (non-hydrogen) atoms. The van der Waals surface area contributed by atoms with E-state index in [0.29, 0.717) is 19.5 Å². The minimum absolute atomic E-state index is 0.0264. The number of aromatic nitrogens is 1. The number of amides is 2. The van der Waals surface area contributed by atoms with Crippen LogP contribution < -0.4 is 5.32 Å². The van der Waals surface area contributed by atoms with Crippen LogP contribution in [0, 0.1) is 20.8 Å². The van der Waals surface area contributed by atoms with Crippen LogP contribution >= 0.6 is 11.3 Å². The zero-order valence-corrected chi connectivity index (χ0v) is 16.4. The average Bonchev–Trinajstić information content (AvgIpc) is 2.93. The second-order valence-corrected chi connectivity index (χ2v) is 8.26. The summed E-state index contributed by atoms with van der Waals surface area (Å²) in [6.07, 6.45) is 1.95. The second-order valence-electron chi connectivity index (χ2n) is 6.86. The van der Waals surface area contributed by atoms with E-state index in [0.717, 1.165) is 39.5 Å². The Morgan fingerprint density at radius 1 is 1.19 bits per heavy atom. The number of thiazole rings is 1. The Balaban J connectivity index is 1.51. The standard InChI is InChI=1S/C20H25N3O2S/c1-13-6-4-5-7-17(13)20(25)22-16-8-10-23(11-9-16)19(24)12-18-14(2)26-15(3)21-18/h4-7,16H,8-12H2,1-3H3,(H,22,25). The van der Waals surface area contributed by atoms with Crippen LogP contribution in [0.5, 0.6) is 0 Å². The minimum atomic E-state index is -0.0264. The number of likely N-dealkylation sites (tertiary alicyclic amines) is 1.